The van der Waals surface area contributed by atoms with Gasteiger partial charge in [-0.2, -0.15) is 10.2 Å². The van der Waals surface area contributed by atoms with E-state index in [-0.39, 0.29) is 18.0 Å². The third-order valence-electron chi connectivity index (χ3n) is 6.08. The SMILES string of the molecule is CC1CCN(c2ncc(C#N)c(NC(=O)CN3CCN(c4ccccc4)CC3)n2)CC1. The van der Waals surface area contributed by atoms with Gasteiger partial charge >= 0.3 is 0 Å². The van der Waals surface area contributed by atoms with Crippen LogP contribution in [0.1, 0.15) is 25.3 Å². The van der Waals surface area contributed by atoms with Crippen molar-refractivity contribution in [2.75, 3.05) is 60.9 Å². The highest BCUT2D eigenvalue weighted by atomic mass is 16.2. The fourth-order valence-corrected chi connectivity index (χ4v) is 4.09. The van der Waals surface area contributed by atoms with Crippen LogP contribution in [0.5, 0.6) is 0 Å². The number of para-hydroxylation sites is 1. The van der Waals surface area contributed by atoms with Crippen molar-refractivity contribution in [3.8, 4) is 6.07 Å². The van der Waals surface area contributed by atoms with Gasteiger partial charge in [-0.05, 0) is 30.9 Å². The molecule has 2 aromatic rings. The Balaban J connectivity index is 1.34. The number of benzene rings is 1. The van der Waals surface area contributed by atoms with Crippen LogP contribution in [0.15, 0.2) is 36.5 Å². The molecule has 0 radical (unpaired) electrons. The summed E-state index contributed by atoms with van der Waals surface area (Å²) in [6.45, 7) is 7.72. The number of carbonyl (C=O) groups excluding carboxylic acids is 1. The third kappa shape index (κ3) is 5.30. The second-order valence-electron chi connectivity index (χ2n) is 8.36. The lowest BCUT2D eigenvalue weighted by Gasteiger charge is -2.35. The molecule has 8 nitrogen and oxygen atoms in total. The molecule has 0 atom stereocenters. The van der Waals surface area contributed by atoms with Crippen molar-refractivity contribution in [1.29, 1.82) is 5.26 Å². The van der Waals surface area contributed by atoms with Gasteiger partial charge in [0.05, 0.1) is 12.7 Å². The Bertz CT molecular complexity index is 927. The third-order valence-corrected chi connectivity index (χ3v) is 6.08. The molecule has 162 valence electrons. The number of aromatic nitrogens is 2. The van der Waals surface area contributed by atoms with E-state index in [9.17, 15) is 10.1 Å². The summed E-state index contributed by atoms with van der Waals surface area (Å²) in [6, 6.07) is 12.4. The van der Waals surface area contributed by atoms with E-state index in [4.69, 9.17) is 0 Å². The lowest BCUT2D eigenvalue weighted by Crippen LogP contribution is -2.48. The number of piperazine rings is 1. The van der Waals surface area contributed by atoms with Crippen molar-refractivity contribution in [3.05, 3.63) is 42.1 Å². The second-order valence-corrected chi connectivity index (χ2v) is 8.36. The average Bonchev–Trinajstić information content (AvgIpc) is 2.80. The molecule has 1 aromatic heterocycles. The summed E-state index contributed by atoms with van der Waals surface area (Å²) in [5.41, 5.74) is 1.50. The number of amides is 1. The van der Waals surface area contributed by atoms with Gasteiger partial charge < -0.3 is 15.1 Å². The van der Waals surface area contributed by atoms with Crippen molar-refractivity contribution >= 4 is 23.4 Å². The van der Waals surface area contributed by atoms with Crippen LogP contribution in [0.3, 0.4) is 0 Å². The van der Waals surface area contributed by atoms with Crippen LogP contribution in [0, 0.1) is 17.2 Å². The number of hydrogen-bond donors (Lipinski definition) is 1. The van der Waals surface area contributed by atoms with Crippen molar-refractivity contribution in [1.82, 2.24) is 14.9 Å². The van der Waals surface area contributed by atoms with Gasteiger partial charge in [0.1, 0.15) is 11.6 Å². The Kier molecular flexibility index (Phi) is 6.63. The molecule has 4 rings (SSSR count). The molecule has 2 saturated heterocycles. The normalized spacial score (nSPS) is 17.9. The Labute approximate surface area is 183 Å². The summed E-state index contributed by atoms with van der Waals surface area (Å²) in [5, 5.41) is 12.3. The highest BCUT2D eigenvalue weighted by Crippen LogP contribution is 2.22. The molecular weight excluding hydrogens is 390 g/mol. The van der Waals surface area contributed by atoms with E-state index >= 15 is 0 Å². The van der Waals surface area contributed by atoms with Gasteiger partial charge in [0.25, 0.3) is 0 Å². The zero-order valence-electron chi connectivity index (χ0n) is 18.0. The van der Waals surface area contributed by atoms with Crippen molar-refractivity contribution in [2.45, 2.75) is 19.8 Å². The predicted octanol–water partition coefficient (Wildman–Crippen LogP) is 2.35. The quantitative estimate of drug-likeness (QED) is 0.796. The molecule has 8 heteroatoms. The van der Waals surface area contributed by atoms with Crippen LogP contribution in [0.4, 0.5) is 17.5 Å². The molecule has 1 N–H and O–H groups in total. The van der Waals surface area contributed by atoms with E-state index in [2.05, 4.69) is 55.1 Å². The average molecular weight is 420 g/mol. The monoisotopic (exact) mass is 419 g/mol. The first kappa shape index (κ1) is 21.1. The van der Waals surface area contributed by atoms with Crippen LogP contribution in [-0.2, 0) is 4.79 Å². The van der Waals surface area contributed by atoms with Crippen LogP contribution < -0.4 is 15.1 Å². The molecule has 0 saturated carbocycles. The van der Waals surface area contributed by atoms with E-state index in [1.54, 1.807) is 0 Å². The maximum Gasteiger partial charge on any atom is 0.239 e. The van der Waals surface area contributed by atoms with Crippen molar-refractivity contribution < 1.29 is 4.79 Å². The van der Waals surface area contributed by atoms with Gasteiger partial charge in [-0.15, -0.1) is 0 Å². The molecule has 2 aliphatic rings. The number of nitriles is 1. The molecule has 1 aromatic carbocycles. The molecule has 31 heavy (non-hydrogen) atoms. The first-order valence-electron chi connectivity index (χ1n) is 11.0. The smallest absolute Gasteiger partial charge is 0.239 e. The summed E-state index contributed by atoms with van der Waals surface area (Å²) in [4.78, 5) is 28.1. The minimum Gasteiger partial charge on any atom is -0.369 e. The fraction of sp³-hybridized carbons (Fsp3) is 0.478. The van der Waals surface area contributed by atoms with Crippen LogP contribution in [0.2, 0.25) is 0 Å². The second kappa shape index (κ2) is 9.75. The maximum absolute atomic E-state index is 12.7. The lowest BCUT2D eigenvalue weighted by molar-refractivity contribution is -0.117. The zero-order chi connectivity index (χ0) is 21.6. The zero-order valence-corrected chi connectivity index (χ0v) is 18.0. The maximum atomic E-state index is 12.7. The van der Waals surface area contributed by atoms with Crippen molar-refractivity contribution in [3.63, 3.8) is 0 Å². The fourth-order valence-electron chi connectivity index (χ4n) is 4.09. The standard InChI is InChI=1S/C23H29N7O/c1-18-7-9-30(10-8-18)23-25-16-19(15-24)22(27-23)26-21(31)17-28-11-13-29(14-12-28)20-5-3-2-4-6-20/h2-6,16,18H,7-14,17H2,1H3,(H,25,26,27,31). The molecule has 0 bridgehead atoms. The van der Waals surface area contributed by atoms with E-state index < -0.39 is 0 Å². The topological polar surface area (TPSA) is 88.4 Å². The number of carbonyl (C=O) groups is 1. The highest BCUT2D eigenvalue weighted by molar-refractivity contribution is 5.92. The Morgan fingerprint density at radius 3 is 2.48 bits per heavy atom. The number of rotatable bonds is 5. The van der Waals surface area contributed by atoms with Gasteiger partial charge in [0.2, 0.25) is 11.9 Å². The molecular formula is C23H29N7O. The largest absolute Gasteiger partial charge is 0.369 e. The number of piperidine rings is 1. The van der Waals surface area contributed by atoms with Gasteiger partial charge in [0.15, 0.2) is 5.82 Å². The number of anilines is 3. The minimum absolute atomic E-state index is 0.151. The van der Waals surface area contributed by atoms with Gasteiger partial charge in [0, 0.05) is 45.0 Å². The molecule has 0 spiro atoms. The molecule has 2 fully saturated rings. The predicted molar refractivity (Wildman–Crippen MR) is 121 cm³/mol. The van der Waals surface area contributed by atoms with Crippen molar-refractivity contribution in [2.24, 2.45) is 5.92 Å². The van der Waals surface area contributed by atoms with Crippen LogP contribution in [-0.4, -0.2) is 66.6 Å². The summed E-state index contributed by atoms with van der Waals surface area (Å²) < 4.78 is 0. The summed E-state index contributed by atoms with van der Waals surface area (Å²) in [5.74, 6) is 1.44. The number of hydrogen-bond acceptors (Lipinski definition) is 7. The first-order valence-corrected chi connectivity index (χ1v) is 11.0. The highest BCUT2D eigenvalue weighted by Gasteiger charge is 2.22. The summed E-state index contributed by atoms with van der Waals surface area (Å²) in [6.07, 6.45) is 3.70. The first-order chi connectivity index (χ1) is 15.1. The summed E-state index contributed by atoms with van der Waals surface area (Å²) >= 11 is 0. The Hall–Kier alpha value is -3.18. The molecule has 0 aliphatic carbocycles. The Morgan fingerprint density at radius 1 is 1.10 bits per heavy atom. The number of nitrogens with zero attached hydrogens (tertiary/aromatic N) is 6. The van der Waals surface area contributed by atoms with Gasteiger partial charge in [-0.25, -0.2) is 4.98 Å². The molecule has 1 amide bonds. The lowest BCUT2D eigenvalue weighted by atomic mass is 10.00. The van der Waals surface area contributed by atoms with Crippen LogP contribution >= 0.6 is 0 Å². The van der Waals surface area contributed by atoms with Crippen LogP contribution in [0.25, 0.3) is 0 Å². The summed E-state index contributed by atoms with van der Waals surface area (Å²) in [7, 11) is 0. The van der Waals surface area contributed by atoms with Gasteiger partial charge in [-0.3, -0.25) is 9.69 Å². The minimum atomic E-state index is -0.151. The number of nitrogens with one attached hydrogen (secondary N) is 1. The van der Waals surface area contributed by atoms with Gasteiger partial charge in [-0.1, -0.05) is 25.1 Å². The van der Waals surface area contributed by atoms with E-state index in [0.29, 0.717) is 17.7 Å². The molecule has 0 unspecified atom stereocenters. The molecule has 3 heterocycles. The van der Waals surface area contributed by atoms with E-state index in [1.165, 1.54) is 11.9 Å². The molecule has 2 aliphatic heterocycles. The van der Waals surface area contributed by atoms with E-state index in [1.807, 2.05) is 18.2 Å². The Morgan fingerprint density at radius 2 is 1.81 bits per heavy atom. The van der Waals surface area contributed by atoms with E-state index in [0.717, 1.165) is 52.1 Å².